The summed E-state index contributed by atoms with van der Waals surface area (Å²) in [6.45, 7) is 6.16. The maximum atomic E-state index is 12.5. The summed E-state index contributed by atoms with van der Waals surface area (Å²) in [5.74, 6) is 0. The Morgan fingerprint density at radius 2 is 2.12 bits per heavy atom. The molecule has 2 heterocycles. The monoisotopic (exact) mass is 294 g/mol. The minimum atomic E-state index is -3.45. The number of hydrogen-bond donors (Lipinski definition) is 0. The highest BCUT2D eigenvalue weighted by Crippen LogP contribution is 2.37. The predicted octanol–water partition coefficient (Wildman–Crippen LogP) is 2.67. The first-order valence-corrected chi connectivity index (χ1v) is 8.04. The Kier molecular flexibility index (Phi) is 3.27. The number of nitrogens with zero attached hydrogens (tertiary/aromatic N) is 2. The lowest BCUT2D eigenvalue weighted by Crippen LogP contribution is -2.42. The molecule has 1 aromatic heterocycles. The molecule has 1 aliphatic rings. The molecule has 1 fully saturated rings. The first kappa shape index (κ1) is 13.3. The van der Waals surface area contributed by atoms with E-state index in [1.54, 1.807) is 11.2 Å². The van der Waals surface area contributed by atoms with Crippen molar-refractivity contribution in [1.29, 1.82) is 0 Å². The van der Waals surface area contributed by atoms with Gasteiger partial charge in [-0.1, -0.05) is 22.9 Å². The summed E-state index contributed by atoms with van der Waals surface area (Å²) in [5, 5.41) is 0. The van der Waals surface area contributed by atoms with Crippen LogP contribution in [0.15, 0.2) is 4.21 Å². The number of sulfonamides is 1. The molecule has 7 heteroatoms. The number of hydrogen-bond acceptors (Lipinski definition) is 4. The van der Waals surface area contributed by atoms with Crippen molar-refractivity contribution in [3.8, 4) is 0 Å². The zero-order valence-electron chi connectivity index (χ0n) is 10.0. The third-order valence-corrected chi connectivity index (χ3v) is 7.04. The van der Waals surface area contributed by atoms with Crippen LogP contribution in [-0.4, -0.2) is 29.8 Å². The van der Waals surface area contributed by atoms with Crippen LogP contribution in [0.1, 0.15) is 32.4 Å². The van der Waals surface area contributed by atoms with Gasteiger partial charge in [0, 0.05) is 12.1 Å². The second-order valence-corrected chi connectivity index (χ2v) is 8.47. The van der Waals surface area contributed by atoms with E-state index >= 15 is 0 Å². The zero-order chi connectivity index (χ0) is 12.8. The number of aryl methyl sites for hydroxylation is 1. The van der Waals surface area contributed by atoms with Crippen LogP contribution in [0.5, 0.6) is 0 Å². The lowest BCUT2D eigenvalue weighted by molar-refractivity contribution is 0.292. The van der Waals surface area contributed by atoms with Crippen molar-refractivity contribution in [2.24, 2.45) is 0 Å². The average molecular weight is 295 g/mol. The highest BCUT2D eigenvalue weighted by molar-refractivity contribution is 7.91. The van der Waals surface area contributed by atoms with E-state index < -0.39 is 10.0 Å². The van der Waals surface area contributed by atoms with E-state index in [4.69, 9.17) is 11.6 Å². The van der Waals surface area contributed by atoms with Gasteiger partial charge in [-0.3, -0.25) is 0 Å². The smallest absolute Gasteiger partial charge is 0.229 e. The molecule has 0 spiro atoms. The van der Waals surface area contributed by atoms with Crippen LogP contribution in [-0.2, 0) is 10.0 Å². The van der Waals surface area contributed by atoms with Crippen LogP contribution >= 0.6 is 22.9 Å². The van der Waals surface area contributed by atoms with Crippen molar-refractivity contribution in [3.05, 3.63) is 10.2 Å². The second-order valence-electron chi connectivity index (χ2n) is 4.83. The number of halogens is 1. The highest BCUT2D eigenvalue weighted by Gasteiger charge is 2.42. The summed E-state index contributed by atoms with van der Waals surface area (Å²) < 4.78 is 27.2. The van der Waals surface area contributed by atoms with Crippen LogP contribution in [0.2, 0.25) is 4.47 Å². The Hall–Kier alpha value is -0.170. The fourth-order valence-corrected chi connectivity index (χ4v) is 5.90. The number of rotatable bonds is 2. The van der Waals surface area contributed by atoms with Gasteiger partial charge in [-0.15, -0.1) is 0 Å². The van der Waals surface area contributed by atoms with Crippen molar-refractivity contribution in [2.75, 3.05) is 6.54 Å². The fraction of sp³-hybridized carbons (Fsp3) is 0.700. The molecule has 4 nitrogen and oxygen atoms in total. The first-order valence-electron chi connectivity index (χ1n) is 5.41. The van der Waals surface area contributed by atoms with Gasteiger partial charge in [-0.25, -0.2) is 13.4 Å². The first-order chi connectivity index (χ1) is 7.75. The van der Waals surface area contributed by atoms with Crippen LogP contribution in [0, 0.1) is 6.92 Å². The SMILES string of the molecule is Cc1nc(Cl)sc1S(=O)(=O)N1CCCC1(C)C. The summed E-state index contributed by atoms with van der Waals surface area (Å²) in [5.41, 5.74) is 0.171. The molecular formula is C10H15ClN2O2S2. The van der Waals surface area contributed by atoms with E-state index in [2.05, 4.69) is 4.98 Å². The van der Waals surface area contributed by atoms with Crippen LogP contribution in [0.25, 0.3) is 0 Å². The predicted molar refractivity (Wildman–Crippen MR) is 69.1 cm³/mol. The average Bonchev–Trinajstić information content (AvgIpc) is 2.69. The van der Waals surface area contributed by atoms with E-state index in [1.807, 2.05) is 13.8 Å². The second kappa shape index (κ2) is 4.19. The Morgan fingerprint density at radius 1 is 1.47 bits per heavy atom. The largest absolute Gasteiger partial charge is 0.254 e. The molecule has 0 atom stereocenters. The molecule has 0 radical (unpaired) electrons. The van der Waals surface area contributed by atoms with Crippen LogP contribution in [0.4, 0.5) is 0 Å². The summed E-state index contributed by atoms with van der Waals surface area (Å²) in [6, 6.07) is 0. The van der Waals surface area contributed by atoms with E-state index in [1.165, 1.54) is 0 Å². The normalized spacial score (nSPS) is 20.9. The molecule has 2 rings (SSSR count). The van der Waals surface area contributed by atoms with Crippen LogP contribution in [0.3, 0.4) is 0 Å². The van der Waals surface area contributed by atoms with Gasteiger partial charge in [-0.05, 0) is 33.6 Å². The fourth-order valence-electron chi connectivity index (χ4n) is 2.22. The van der Waals surface area contributed by atoms with Crippen molar-refractivity contribution in [2.45, 2.75) is 43.4 Å². The van der Waals surface area contributed by atoms with Gasteiger partial charge in [0.25, 0.3) is 10.0 Å². The van der Waals surface area contributed by atoms with Gasteiger partial charge in [0.2, 0.25) is 0 Å². The van der Waals surface area contributed by atoms with Gasteiger partial charge in [0.05, 0.1) is 5.69 Å². The summed E-state index contributed by atoms with van der Waals surface area (Å²) in [6.07, 6.45) is 1.79. The van der Waals surface area contributed by atoms with Crippen molar-refractivity contribution >= 4 is 33.0 Å². The molecule has 0 aromatic carbocycles. The minimum Gasteiger partial charge on any atom is -0.229 e. The molecule has 0 amide bonds. The Morgan fingerprint density at radius 3 is 2.53 bits per heavy atom. The summed E-state index contributed by atoms with van der Waals surface area (Å²) in [7, 11) is -3.45. The molecule has 1 aromatic rings. The van der Waals surface area contributed by atoms with Gasteiger partial charge in [0.1, 0.15) is 0 Å². The third-order valence-electron chi connectivity index (χ3n) is 3.08. The number of thiazole rings is 1. The molecule has 96 valence electrons. The topological polar surface area (TPSA) is 50.3 Å². The van der Waals surface area contributed by atoms with Crippen molar-refractivity contribution in [1.82, 2.24) is 9.29 Å². The van der Waals surface area contributed by atoms with E-state index in [0.29, 0.717) is 12.2 Å². The van der Waals surface area contributed by atoms with Gasteiger partial charge < -0.3 is 0 Å². The van der Waals surface area contributed by atoms with Gasteiger partial charge >= 0.3 is 0 Å². The molecule has 0 bridgehead atoms. The van der Waals surface area contributed by atoms with Gasteiger partial charge in [0.15, 0.2) is 8.68 Å². The molecular weight excluding hydrogens is 280 g/mol. The molecule has 0 saturated carbocycles. The molecule has 0 N–H and O–H groups in total. The molecule has 17 heavy (non-hydrogen) atoms. The van der Waals surface area contributed by atoms with E-state index in [0.717, 1.165) is 24.2 Å². The molecule has 0 unspecified atom stereocenters. The summed E-state index contributed by atoms with van der Waals surface area (Å²) in [4.78, 5) is 3.97. The lowest BCUT2D eigenvalue weighted by Gasteiger charge is -2.30. The van der Waals surface area contributed by atoms with Crippen molar-refractivity contribution < 1.29 is 8.42 Å². The Bertz CT molecular complexity index is 537. The summed E-state index contributed by atoms with van der Waals surface area (Å²) >= 11 is 6.81. The quantitative estimate of drug-likeness (QED) is 0.842. The molecule has 0 aliphatic carbocycles. The lowest BCUT2D eigenvalue weighted by atomic mass is 10.0. The Labute approximate surface area is 111 Å². The van der Waals surface area contributed by atoms with Gasteiger partial charge in [-0.2, -0.15) is 4.31 Å². The molecule has 1 saturated heterocycles. The molecule has 1 aliphatic heterocycles. The van der Waals surface area contributed by atoms with E-state index in [9.17, 15) is 8.42 Å². The third kappa shape index (κ3) is 2.23. The maximum Gasteiger partial charge on any atom is 0.254 e. The van der Waals surface area contributed by atoms with E-state index in [-0.39, 0.29) is 14.2 Å². The number of aromatic nitrogens is 1. The minimum absolute atomic E-state index is 0.275. The maximum absolute atomic E-state index is 12.5. The standard InChI is InChI=1S/C10H15ClN2O2S2/c1-7-8(16-9(11)12-7)17(14,15)13-6-4-5-10(13,2)3/h4-6H2,1-3H3. The highest BCUT2D eigenvalue weighted by atomic mass is 35.5. The van der Waals surface area contributed by atoms with Crippen LogP contribution < -0.4 is 0 Å². The Balaban J connectivity index is 2.47. The van der Waals surface area contributed by atoms with Crippen molar-refractivity contribution in [3.63, 3.8) is 0 Å². The zero-order valence-corrected chi connectivity index (χ0v) is 12.4.